The van der Waals surface area contributed by atoms with Crippen LogP contribution in [0.4, 0.5) is 0 Å². The first-order valence-electron chi connectivity index (χ1n) is 18.8. The highest BCUT2D eigenvalue weighted by molar-refractivity contribution is 5.96. The molecule has 8 aromatic carbocycles. The Balaban J connectivity index is 1.06. The van der Waals surface area contributed by atoms with E-state index in [1.165, 1.54) is 0 Å². The van der Waals surface area contributed by atoms with Crippen LogP contribution >= 0.6 is 0 Å². The summed E-state index contributed by atoms with van der Waals surface area (Å²) in [7, 11) is 0. The maximum absolute atomic E-state index is 5.16. The molecule has 0 N–H and O–H groups in total. The van der Waals surface area contributed by atoms with Crippen LogP contribution in [0.25, 0.3) is 100 Å². The highest BCUT2D eigenvalue weighted by atomic mass is 14.9. The maximum Gasteiger partial charge on any atom is 0.160 e. The third-order valence-corrected chi connectivity index (χ3v) is 10.3. The molecule has 0 spiro atoms. The number of rotatable bonds is 7. The number of hydrogen-bond donors (Lipinski definition) is 0. The maximum atomic E-state index is 5.16. The molecule has 10 rings (SSSR count). The Kier molecular flexibility index (Phi) is 8.47. The Hall–Kier alpha value is -7.56. The second-order valence-electron chi connectivity index (χ2n) is 13.8. The summed E-state index contributed by atoms with van der Waals surface area (Å²) in [6.45, 7) is 0. The highest BCUT2D eigenvalue weighted by Crippen LogP contribution is 2.40. The van der Waals surface area contributed by atoms with Crippen LogP contribution in [0.2, 0.25) is 0 Å². The minimum absolute atomic E-state index is 0.699. The van der Waals surface area contributed by atoms with Gasteiger partial charge in [-0.2, -0.15) is 0 Å². The van der Waals surface area contributed by atoms with Gasteiger partial charge in [0.05, 0.1) is 22.4 Å². The Morgan fingerprint density at radius 1 is 0.232 bits per heavy atom. The lowest BCUT2D eigenvalue weighted by Crippen LogP contribution is -1.96. The minimum Gasteiger partial charge on any atom is -0.228 e. The average Bonchev–Trinajstić information content (AvgIpc) is 3.29. The lowest BCUT2D eigenvalue weighted by molar-refractivity contribution is 1.23. The monoisotopic (exact) mass is 714 g/mol. The molecule has 262 valence electrons. The van der Waals surface area contributed by atoms with Crippen LogP contribution in [0.15, 0.2) is 206 Å². The van der Waals surface area contributed by atoms with E-state index in [2.05, 4.69) is 170 Å². The van der Waals surface area contributed by atoms with Crippen molar-refractivity contribution in [3.63, 3.8) is 0 Å². The summed E-state index contributed by atoms with van der Waals surface area (Å²) in [5, 5.41) is 2.07. The van der Waals surface area contributed by atoms with E-state index in [-0.39, 0.29) is 0 Å². The Morgan fingerprint density at radius 2 is 0.571 bits per heavy atom. The Bertz CT molecular complexity index is 2820. The van der Waals surface area contributed by atoms with E-state index in [4.69, 9.17) is 19.9 Å². The highest BCUT2D eigenvalue weighted by Gasteiger charge is 2.17. The number of benzene rings is 8. The third-order valence-electron chi connectivity index (χ3n) is 10.3. The van der Waals surface area contributed by atoms with Crippen molar-refractivity contribution in [2.75, 3.05) is 0 Å². The third kappa shape index (κ3) is 6.19. The van der Waals surface area contributed by atoms with Gasteiger partial charge in [0.25, 0.3) is 0 Å². The zero-order valence-electron chi connectivity index (χ0n) is 30.4. The summed E-state index contributed by atoms with van der Waals surface area (Å²) in [5.41, 5.74) is 14.5. The molecule has 0 bridgehead atoms. The minimum atomic E-state index is 0.699. The molecule has 0 atom stereocenters. The zero-order chi connectivity index (χ0) is 37.3. The molecule has 0 aliphatic heterocycles. The summed E-state index contributed by atoms with van der Waals surface area (Å²) >= 11 is 0. The first kappa shape index (κ1) is 33.0. The molecule has 0 aliphatic rings. The quantitative estimate of drug-likeness (QED) is 0.165. The fourth-order valence-corrected chi connectivity index (χ4v) is 7.63. The second kappa shape index (κ2) is 14.3. The van der Waals surface area contributed by atoms with Crippen molar-refractivity contribution < 1.29 is 0 Å². The van der Waals surface area contributed by atoms with Crippen molar-refractivity contribution in [1.82, 2.24) is 19.9 Å². The van der Waals surface area contributed by atoms with Gasteiger partial charge in [0, 0.05) is 33.0 Å². The van der Waals surface area contributed by atoms with E-state index in [0.717, 1.165) is 88.8 Å². The van der Waals surface area contributed by atoms with E-state index in [1.807, 2.05) is 36.4 Å². The van der Waals surface area contributed by atoms with Gasteiger partial charge in [-0.3, -0.25) is 0 Å². The van der Waals surface area contributed by atoms with Gasteiger partial charge < -0.3 is 0 Å². The van der Waals surface area contributed by atoms with E-state index >= 15 is 0 Å². The van der Waals surface area contributed by atoms with Crippen molar-refractivity contribution in [2.45, 2.75) is 0 Å². The molecule has 2 heterocycles. The molecule has 0 aliphatic carbocycles. The van der Waals surface area contributed by atoms with E-state index in [9.17, 15) is 0 Å². The largest absolute Gasteiger partial charge is 0.228 e. The molecular formula is C52H34N4. The molecule has 0 saturated carbocycles. The lowest BCUT2D eigenvalue weighted by Gasteiger charge is -2.16. The van der Waals surface area contributed by atoms with Crippen molar-refractivity contribution in [2.24, 2.45) is 0 Å². The van der Waals surface area contributed by atoms with Crippen LogP contribution in [-0.4, -0.2) is 19.9 Å². The molecule has 0 amide bonds. The SMILES string of the molecule is c1ccc(-c2nc(-c3cccc(-c4ccccc4-c4ccccc4-c4cccc(-c5nc(-c6ccccc6)c6ccccc6n5)c4)c3)nc3ccccc23)cc1. The second-order valence-corrected chi connectivity index (χ2v) is 13.8. The van der Waals surface area contributed by atoms with Gasteiger partial charge in [0.15, 0.2) is 11.6 Å². The number of aromatic nitrogens is 4. The van der Waals surface area contributed by atoms with Crippen molar-refractivity contribution in [3.8, 4) is 78.7 Å². The van der Waals surface area contributed by atoms with Crippen molar-refractivity contribution >= 4 is 21.8 Å². The smallest absolute Gasteiger partial charge is 0.160 e. The predicted octanol–water partition coefficient (Wildman–Crippen LogP) is 13.2. The molecule has 2 aromatic heterocycles. The first-order chi connectivity index (χ1) is 27.8. The van der Waals surface area contributed by atoms with Crippen LogP contribution in [0.3, 0.4) is 0 Å². The predicted molar refractivity (Wildman–Crippen MR) is 231 cm³/mol. The topological polar surface area (TPSA) is 51.6 Å². The standard InChI is InChI=1S/C52H34N4/c1-3-17-35(18-4-1)49-45-29-11-13-31-47(45)53-51(55-49)39-23-15-21-37(33-39)41-25-7-9-27-43(41)44-28-10-8-26-42(44)38-22-16-24-40(34-38)52-54-48-32-14-12-30-46(48)50(56-52)36-19-5-2-6-20-36/h1-34H. The van der Waals surface area contributed by atoms with Crippen LogP contribution < -0.4 is 0 Å². The van der Waals surface area contributed by atoms with E-state index in [1.54, 1.807) is 0 Å². The number of nitrogens with zero attached hydrogens (tertiary/aromatic N) is 4. The first-order valence-corrected chi connectivity index (χ1v) is 18.8. The van der Waals surface area contributed by atoms with Crippen molar-refractivity contribution in [3.05, 3.63) is 206 Å². The molecule has 10 aromatic rings. The van der Waals surface area contributed by atoms with Gasteiger partial charge in [0.1, 0.15) is 0 Å². The van der Waals surface area contributed by atoms with Gasteiger partial charge in [0.2, 0.25) is 0 Å². The molecule has 0 saturated heterocycles. The molecule has 4 nitrogen and oxygen atoms in total. The van der Waals surface area contributed by atoms with Crippen LogP contribution in [0.1, 0.15) is 0 Å². The van der Waals surface area contributed by atoms with Crippen molar-refractivity contribution in [1.29, 1.82) is 0 Å². The van der Waals surface area contributed by atoms with Crippen LogP contribution in [-0.2, 0) is 0 Å². The normalized spacial score (nSPS) is 11.2. The van der Waals surface area contributed by atoms with Crippen LogP contribution in [0, 0.1) is 0 Å². The van der Waals surface area contributed by atoms with Gasteiger partial charge in [-0.05, 0) is 57.6 Å². The summed E-state index contributed by atoms with van der Waals surface area (Å²) in [5.74, 6) is 1.40. The number of fused-ring (bicyclic) bond motifs is 2. The van der Waals surface area contributed by atoms with E-state index < -0.39 is 0 Å². The molecular weight excluding hydrogens is 681 g/mol. The van der Waals surface area contributed by atoms with Gasteiger partial charge in [-0.15, -0.1) is 0 Å². The Labute approximate surface area is 325 Å². The lowest BCUT2D eigenvalue weighted by atomic mass is 9.88. The Morgan fingerprint density at radius 3 is 1.02 bits per heavy atom. The van der Waals surface area contributed by atoms with Crippen LogP contribution in [0.5, 0.6) is 0 Å². The molecule has 4 heteroatoms. The van der Waals surface area contributed by atoms with E-state index in [0.29, 0.717) is 11.6 Å². The number of para-hydroxylation sites is 2. The van der Waals surface area contributed by atoms with Gasteiger partial charge >= 0.3 is 0 Å². The molecule has 0 unspecified atom stereocenters. The summed E-state index contributed by atoms with van der Waals surface area (Å²) in [4.78, 5) is 20.4. The fraction of sp³-hybridized carbons (Fsp3) is 0. The summed E-state index contributed by atoms with van der Waals surface area (Å²) in [6, 6.07) is 71.6. The summed E-state index contributed by atoms with van der Waals surface area (Å²) in [6.07, 6.45) is 0. The molecule has 0 radical (unpaired) electrons. The number of hydrogen-bond acceptors (Lipinski definition) is 4. The zero-order valence-corrected chi connectivity index (χ0v) is 30.4. The van der Waals surface area contributed by atoms with Gasteiger partial charge in [-0.25, -0.2) is 19.9 Å². The summed E-state index contributed by atoms with van der Waals surface area (Å²) < 4.78 is 0. The van der Waals surface area contributed by atoms with Gasteiger partial charge in [-0.1, -0.05) is 182 Å². The average molecular weight is 715 g/mol. The molecule has 56 heavy (non-hydrogen) atoms. The fourth-order valence-electron chi connectivity index (χ4n) is 7.63. The molecule has 0 fully saturated rings.